The number of aromatic amines is 1. The second-order valence-corrected chi connectivity index (χ2v) is 7.23. The van der Waals surface area contributed by atoms with Crippen molar-refractivity contribution in [3.05, 3.63) is 34.1 Å². The topological polar surface area (TPSA) is 105 Å². The van der Waals surface area contributed by atoms with Gasteiger partial charge in [0.2, 0.25) is 0 Å². The zero-order chi connectivity index (χ0) is 14.9. The zero-order valence-electron chi connectivity index (χ0n) is 10.0. The van der Waals surface area contributed by atoms with Gasteiger partial charge in [0.05, 0.1) is 16.8 Å². The number of aryl methyl sites for hydroxylation is 1. The Hall–Kier alpha value is -1.45. The smallest absolute Gasteiger partial charge is 0.277 e. The first-order chi connectivity index (χ1) is 9.29. The van der Waals surface area contributed by atoms with Gasteiger partial charge in [0, 0.05) is 15.2 Å². The van der Waals surface area contributed by atoms with E-state index in [2.05, 4.69) is 36.7 Å². The summed E-state index contributed by atoms with van der Waals surface area (Å²) in [5.74, 6) is -0.472. The standard InChI is InChI=1S/C10H8BrClN4O3S/c1-5-2-7(6(11)3-9(5)20(12,18)19)14-10(17)8-4-13-16-15-8/h2-4H,1H3,(H,14,17)(H,13,15,16). The second-order valence-electron chi connectivity index (χ2n) is 3.84. The van der Waals surface area contributed by atoms with Crippen LogP contribution in [0.15, 0.2) is 27.7 Å². The lowest BCUT2D eigenvalue weighted by Gasteiger charge is -2.09. The summed E-state index contributed by atoms with van der Waals surface area (Å²) in [4.78, 5) is 11.8. The molecule has 10 heteroatoms. The molecule has 0 radical (unpaired) electrons. The third kappa shape index (κ3) is 3.17. The number of hydrogen-bond donors (Lipinski definition) is 2. The van der Waals surface area contributed by atoms with Crippen LogP contribution in [0.25, 0.3) is 0 Å². The van der Waals surface area contributed by atoms with E-state index in [1.807, 2.05) is 0 Å². The average Bonchev–Trinajstić information content (AvgIpc) is 2.85. The molecule has 2 rings (SSSR count). The number of hydrogen-bond acceptors (Lipinski definition) is 5. The van der Waals surface area contributed by atoms with Gasteiger partial charge in [-0.05, 0) is 40.5 Å². The quantitative estimate of drug-likeness (QED) is 0.794. The van der Waals surface area contributed by atoms with E-state index in [9.17, 15) is 13.2 Å². The van der Waals surface area contributed by atoms with Gasteiger partial charge in [-0.15, -0.1) is 0 Å². The van der Waals surface area contributed by atoms with Gasteiger partial charge in [-0.25, -0.2) is 8.42 Å². The van der Waals surface area contributed by atoms with Crippen molar-refractivity contribution < 1.29 is 13.2 Å². The molecule has 1 aromatic carbocycles. The maximum Gasteiger partial charge on any atom is 0.277 e. The molecule has 0 aliphatic carbocycles. The van der Waals surface area contributed by atoms with Crippen LogP contribution in [-0.2, 0) is 9.05 Å². The van der Waals surface area contributed by atoms with Gasteiger partial charge < -0.3 is 5.32 Å². The van der Waals surface area contributed by atoms with Crippen LogP contribution in [0.5, 0.6) is 0 Å². The lowest BCUT2D eigenvalue weighted by Crippen LogP contribution is -2.13. The fraction of sp³-hybridized carbons (Fsp3) is 0.100. The van der Waals surface area contributed by atoms with E-state index in [4.69, 9.17) is 10.7 Å². The molecular formula is C10H8BrClN4O3S. The highest BCUT2D eigenvalue weighted by atomic mass is 79.9. The van der Waals surface area contributed by atoms with Crippen molar-refractivity contribution in [2.45, 2.75) is 11.8 Å². The third-order valence-electron chi connectivity index (χ3n) is 2.42. The molecule has 2 aromatic rings. The first-order valence-corrected chi connectivity index (χ1v) is 8.31. The Labute approximate surface area is 127 Å². The molecule has 2 N–H and O–H groups in total. The number of anilines is 1. The highest BCUT2D eigenvalue weighted by Gasteiger charge is 2.18. The number of rotatable bonds is 3. The molecule has 1 heterocycles. The zero-order valence-corrected chi connectivity index (χ0v) is 13.2. The van der Waals surface area contributed by atoms with Gasteiger partial charge in [-0.2, -0.15) is 15.4 Å². The molecule has 0 saturated heterocycles. The van der Waals surface area contributed by atoms with E-state index in [1.165, 1.54) is 18.3 Å². The van der Waals surface area contributed by atoms with Gasteiger partial charge in [-0.3, -0.25) is 4.79 Å². The minimum atomic E-state index is -3.84. The van der Waals surface area contributed by atoms with Crippen LogP contribution >= 0.6 is 26.6 Å². The van der Waals surface area contributed by atoms with Crippen molar-refractivity contribution >= 4 is 47.3 Å². The molecule has 0 atom stereocenters. The second kappa shape index (κ2) is 5.51. The van der Waals surface area contributed by atoms with E-state index in [1.54, 1.807) is 6.92 Å². The van der Waals surface area contributed by atoms with Crippen LogP contribution < -0.4 is 5.32 Å². The van der Waals surface area contributed by atoms with E-state index in [0.29, 0.717) is 15.7 Å². The van der Waals surface area contributed by atoms with Crippen LogP contribution in [-0.4, -0.2) is 29.7 Å². The largest absolute Gasteiger partial charge is 0.319 e. The number of carbonyl (C=O) groups excluding carboxylic acids is 1. The van der Waals surface area contributed by atoms with Crippen LogP contribution in [0, 0.1) is 6.92 Å². The molecule has 1 aromatic heterocycles. The Morgan fingerprint density at radius 2 is 2.15 bits per heavy atom. The molecule has 7 nitrogen and oxygen atoms in total. The number of halogens is 2. The predicted octanol–water partition coefficient (Wildman–Crippen LogP) is 2.06. The number of nitrogens with zero attached hydrogens (tertiary/aromatic N) is 2. The number of aromatic nitrogens is 3. The maximum absolute atomic E-state index is 11.8. The SMILES string of the molecule is Cc1cc(NC(=O)c2cn[nH]n2)c(Br)cc1S(=O)(=O)Cl. The van der Waals surface area contributed by atoms with Crippen molar-refractivity contribution in [1.29, 1.82) is 0 Å². The first kappa shape index (κ1) is 14.9. The third-order valence-corrected chi connectivity index (χ3v) is 4.54. The Morgan fingerprint density at radius 3 is 2.70 bits per heavy atom. The lowest BCUT2D eigenvalue weighted by atomic mass is 10.2. The summed E-state index contributed by atoms with van der Waals surface area (Å²) in [6.45, 7) is 1.58. The van der Waals surface area contributed by atoms with Crippen LogP contribution in [0.2, 0.25) is 0 Å². The molecule has 0 spiro atoms. The number of benzene rings is 1. The minimum absolute atomic E-state index is 0.0227. The summed E-state index contributed by atoms with van der Waals surface area (Å²) in [6.07, 6.45) is 1.27. The molecule has 0 aliphatic heterocycles. The summed E-state index contributed by atoms with van der Waals surface area (Å²) >= 11 is 3.18. The van der Waals surface area contributed by atoms with Gasteiger partial charge in [-0.1, -0.05) is 0 Å². The Bertz CT molecular complexity index is 761. The number of H-pyrrole nitrogens is 1. The summed E-state index contributed by atoms with van der Waals surface area (Å²) < 4.78 is 23.1. The fourth-order valence-corrected chi connectivity index (χ4v) is 3.31. The average molecular weight is 380 g/mol. The van der Waals surface area contributed by atoms with Crippen molar-refractivity contribution in [2.24, 2.45) is 0 Å². The summed E-state index contributed by atoms with van der Waals surface area (Å²) in [5, 5.41) is 12.1. The number of nitrogens with one attached hydrogen (secondary N) is 2. The molecule has 0 aliphatic rings. The number of amides is 1. The van der Waals surface area contributed by atoms with Crippen LogP contribution in [0.3, 0.4) is 0 Å². The molecule has 0 unspecified atom stereocenters. The molecule has 0 fully saturated rings. The highest BCUT2D eigenvalue weighted by Crippen LogP contribution is 2.30. The van der Waals surface area contributed by atoms with Crippen molar-refractivity contribution in [3.63, 3.8) is 0 Å². The summed E-state index contributed by atoms with van der Waals surface area (Å²) in [7, 11) is 1.47. The molecule has 0 saturated carbocycles. The maximum atomic E-state index is 11.8. The van der Waals surface area contributed by atoms with Crippen molar-refractivity contribution in [3.8, 4) is 0 Å². The van der Waals surface area contributed by atoms with E-state index >= 15 is 0 Å². The van der Waals surface area contributed by atoms with Crippen LogP contribution in [0.4, 0.5) is 5.69 Å². The van der Waals surface area contributed by atoms with Crippen LogP contribution in [0.1, 0.15) is 16.1 Å². The first-order valence-electron chi connectivity index (χ1n) is 5.21. The van der Waals surface area contributed by atoms with E-state index in [0.717, 1.165) is 0 Å². The predicted molar refractivity (Wildman–Crippen MR) is 76.3 cm³/mol. The molecule has 20 heavy (non-hydrogen) atoms. The van der Waals surface area contributed by atoms with Gasteiger partial charge in [0.25, 0.3) is 15.0 Å². The Balaban J connectivity index is 2.35. The molecule has 1 amide bonds. The lowest BCUT2D eigenvalue weighted by molar-refractivity contribution is 0.102. The normalized spacial score (nSPS) is 11.3. The molecule has 106 valence electrons. The monoisotopic (exact) mass is 378 g/mol. The van der Waals surface area contributed by atoms with Gasteiger partial charge in [0.15, 0.2) is 5.69 Å². The Kier molecular flexibility index (Phi) is 4.11. The summed E-state index contributed by atoms with van der Waals surface area (Å²) in [5.41, 5.74) is 0.932. The molecule has 0 bridgehead atoms. The van der Waals surface area contributed by atoms with E-state index < -0.39 is 15.0 Å². The Morgan fingerprint density at radius 1 is 1.45 bits per heavy atom. The summed E-state index contributed by atoms with van der Waals surface area (Å²) in [6, 6.07) is 2.83. The van der Waals surface area contributed by atoms with Crippen molar-refractivity contribution in [2.75, 3.05) is 5.32 Å². The molecular weight excluding hydrogens is 372 g/mol. The number of carbonyl (C=O) groups is 1. The van der Waals surface area contributed by atoms with Gasteiger partial charge in [0.1, 0.15) is 0 Å². The fourth-order valence-electron chi connectivity index (χ4n) is 1.52. The van der Waals surface area contributed by atoms with E-state index in [-0.39, 0.29) is 10.6 Å². The van der Waals surface area contributed by atoms with Crippen molar-refractivity contribution in [1.82, 2.24) is 15.4 Å². The minimum Gasteiger partial charge on any atom is -0.319 e. The van der Waals surface area contributed by atoms with Gasteiger partial charge >= 0.3 is 0 Å². The highest BCUT2D eigenvalue weighted by molar-refractivity contribution is 9.10.